The van der Waals surface area contributed by atoms with E-state index in [1.807, 2.05) is 6.07 Å². The summed E-state index contributed by atoms with van der Waals surface area (Å²) in [6.07, 6.45) is 8.76. The standard InChI is InChI=1S/C17H25FO3.C16H23FO3.BBr3/c1-4-6-7-8-14-13(10-12-16(19)21-5-2)9-11-15(20-3)17(14)18;1-3-5-6-7-13-12(8-10-14(18)16(13)17)9-11-15(19)20-4-2;2-1(3)4/h9,11H,4-8,10,12H2,1-3H3;8,10,18H,3-7,9,11H2,1-2H3;. The van der Waals surface area contributed by atoms with Gasteiger partial charge in [0, 0.05) is 12.8 Å². The van der Waals surface area contributed by atoms with Crippen LogP contribution in [0.1, 0.15) is 101 Å². The highest BCUT2D eigenvalue weighted by Gasteiger charge is 2.16. The number of phenols is 1. The van der Waals surface area contributed by atoms with Gasteiger partial charge in [0.2, 0.25) is 0 Å². The number of aromatic hydroxyl groups is 1. The van der Waals surface area contributed by atoms with Crippen molar-refractivity contribution in [1.29, 1.82) is 0 Å². The van der Waals surface area contributed by atoms with E-state index in [0.717, 1.165) is 49.7 Å². The lowest BCUT2D eigenvalue weighted by Gasteiger charge is -2.13. The Morgan fingerprint density at radius 2 is 1.13 bits per heavy atom. The lowest BCUT2D eigenvalue weighted by Crippen LogP contribution is -2.08. The molecule has 12 heteroatoms. The molecule has 254 valence electrons. The van der Waals surface area contributed by atoms with Gasteiger partial charge in [-0.3, -0.25) is 9.59 Å². The van der Waals surface area contributed by atoms with E-state index < -0.39 is 5.82 Å². The first-order valence-corrected chi connectivity index (χ1v) is 18.3. The van der Waals surface area contributed by atoms with Crippen LogP contribution in [-0.2, 0) is 44.7 Å². The minimum absolute atomic E-state index is 0.235. The number of benzene rings is 2. The van der Waals surface area contributed by atoms with Crippen molar-refractivity contribution in [1.82, 2.24) is 0 Å². The zero-order valence-corrected chi connectivity index (χ0v) is 31.9. The third kappa shape index (κ3) is 18.9. The SMILES string of the molecule is BrB(Br)Br.CCCCCc1c(CCC(=O)OCC)ccc(O)c1F.CCCCCc1c(CCC(=O)OCC)ccc(OC)c1F. The smallest absolute Gasteiger partial charge is 0.369 e. The molecule has 0 aliphatic rings. The second-order valence-corrected chi connectivity index (χ2v) is 16.5. The second kappa shape index (κ2) is 26.4. The Kier molecular flexibility index (Phi) is 25.4. The van der Waals surface area contributed by atoms with Gasteiger partial charge >= 0.3 is 15.1 Å². The molecule has 0 atom stereocenters. The Labute approximate surface area is 293 Å². The quantitative estimate of drug-likeness (QED) is 0.0972. The predicted octanol–water partition coefficient (Wildman–Crippen LogP) is 9.98. The molecule has 0 unspecified atom stereocenters. The average Bonchev–Trinajstić information content (AvgIpc) is 2.99. The Hall–Kier alpha value is -1.66. The highest BCUT2D eigenvalue weighted by molar-refractivity contribution is 9.69. The van der Waals surface area contributed by atoms with Gasteiger partial charge in [-0.1, -0.05) is 51.7 Å². The van der Waals surface area contributed by atoms with E-state index >= 15 is 0 Å². The fourth-order valence-corrected chi connectivity index (χ4v) is 4.50. The number of esters is 2. The topological polar surface area (TPSA) is 82.1 Å². The van der Waals surface area contributed by atoms with Gasteiger partial charge in [0.25, 0.3) is 0 Å². The highest BCUT2D eigenvalue weighted by atomic mass is 79.9. The van der Waals surface area contributed by atoms with Gasteiger partial charge in [0.05, 0.1) is 20.3 Å². The van der Waals surface area contributed by atoms with Crippen LogP contribution >= 0.6 is 47.3 Å². The number of halogens is 5. The Balaban J connectivity index is 0.000000769. The maximum Gasteiger partial charge on any atom is 0.369 e. The van der Waals surface area contributed by atoms with Crippen LogP contribution < -0.4 is 4.74 Å². The molecule has 0 saturated heterocycles. The van der Waals surface area contributed by atoms with E-state index in [-0.39, 0.29) is 45.3 Å². The lowest BCUT2D eigenvalue weighted by atomic mass is 9.97. The molecule has 45 heavy (non-hydrogen) atoms. The third-order valence-electron chi connectivity index (χ3n) is 6.71. The van der Waals surface area contributed by atoms with Crippen LogP contribution in [0, 0.1) is 11.6 Å². The first-order chi connectivity index (χ1) is 21.5. The Bertz CT molecular complexity index is 1140. The number of carbonyl (C=O) groups excluding carboxylic acids is 2. The molecule has 0 aromatic heterocycles. The summed E-state index contributed by atoms with van der Waals surface area (Å²) in [7, 11) is 1.46. The predicted molar refractivity (Wildman–Crippen MR) is 190 cm³/mol. The van der Waals surface area contributed by atoms with Crippen molar-refractivity contribution < 1.29 is 37.7 Å². The van der Waals surface area contributed by atoms with Crippen LogP contribution in [0.25, 0.3) is 0 Å². The first-order valence-electron chi connectivity index (χ1n) is 15.5. The van der Waals surface area contributed by atoms with Crippen molar-refractivity contribution in [2.24, 2.45) is 0 Å². The molecule has 1 N–H and O–H groups in total. The molecular formula is C33H48BBr3F2O6. The second-order valence-electron chi connectivity index (χ2n) is 10.0. The van der Waals surface area contributed by atoms with E-state index in [9.17, 15) is 23.5 Å². The number of unbranched alkanes of at least 4 members (excludes halogenated alkanes) is 4. The number of phenolic OH excluding ortho intramolecular Hbond substituents is 1. The van der Waals surface area contributed by atoms with Crippen LogP contribution in [0.5, 0.6) is 11.5 Å². The number of hydrogen-bond donors (Lipinski definition) is 1. The molecule has 0 bridgehead atoms. The van der Waals surface area contributed by atoms with Gasteiger partial charge in [-0.15, -0.1) is 47.3 Å². The van der Waals surface area contributed by atoms with Crippen molar-refractivity contribution in [2.75, 3.05) is 20.3 Å². The summed E-state index contributed by atoms with van der Waals surface area (Å²) in [6, 6.07) is 6.51. The van der Waals surface area contributed by atoms with Crippen LogP contribution in [0.15, 0.2) is 24.3 Å². The summed E-state index contributed by atoms with van der Waals surface area (Å²) in [6.45, 7) is 8.46. The fraction of sp³-hybridized carbons (Fsp3) is 0.576. The molecule has 0 saturated carbocycles. The first kappa shape index (κ1) is 43.3. The molecule has 2 rings (SSSR count). The third-order valence-corrected chi connectivity index (χ3v) is 6.71. The van der Waals surface area contributed by atoms with Crippen molar-refractivity contribution in [2.45, 2.75) is 105 Å². The molecule has 2 aromatic rings. The largest absolute Gasteiger partial charge is 0.505 e. The molecule has 0 fully saturated rings. The molecule has 0 aliphatic heterocycles. The van der Waals surface area contributed by atoms with Crippen molar-refractivity contribution in [3.05, 3.63) is 58.2 Å². The number of aryl methyl sites for hydroxylation is 2. The molecule has 0 heterocycles. The maximum atomic E-state index is 14.4. The Morgan fingerprint density at radius 3 is 1.53 bits per heavy atom. The molecule has 2 aromatic carbocycles. The van der Waals surface area contributed by atoms with Gasteiger partial charge in [-0.25, -0.2) is 8.78 Å². The summed E-state index contributed by atoms with van der Waals surface area (Å²) in [5.74, 6) is -1.43. The molecule has 0 spiro atoms. The van der Waals surface area contributed by atoms with Crippen molar-refractivity contribution in [3.63, 3.8) is 0 Å². The highest BCUT2D eigenvalue weighted by Crippen LogP contribution is 2.27. The van der Waals surface area contributed by atoms with E-state index in [1.165, 1.54) is 13.2 Å². The van der Waals surface area contributed by atoms with Crippen LogP contribution in [0.3, 0.4) is 0 Å². The number of hydrogen-bond acceptors (Lipinski definition) is 6. The molecule has 0 radical (unpaired) electrons. The lowest BCUT2D eigenvalue weighted by molar-refractivity contribution is -0.144. The van der Waals surface area contributed by atoms with Gasteiger partial charge in [0.15, 0.2) is 23.1 Å². The Morgan fingerprint density at radius 1 is 0.711 bits per heavy atom. The maximum absolute atomic E-state index is 14.4. The molecule has 6 nitrogen and oxygen atoms in total. The number of methoxy groups -OCH3 is 1. The molecule has 0 amide bonds. The minimum atomic E-state index is -0.553. The monoisotopic (exact) mass is 826 g/mol. The normalized spacial score (nSPS) is 10.2. The summed E-state index contributed by atoms with van der Waals surface area (Å²) in [5.41, 5.74) is 2.86. The molecule has 0 aliphatic carbocycles. The van der Waals surface area contributed by atoms with Crippen LogP contribution in [0.2, 0.25) is 0 Å². The average molecular weight is 829 g/mol. The molecular weight excluding hydrogens is 781 g/mol. The van der Waals surface area contributed by atoms with E-state index in [1.54, 1.807) is 26.0 Å². The van der Waals surface area contributed by atoms with Crippen molar-refractivity contribution in [3.8, 4) is 11.5 Å². The summed E-state index contributed by atoms with van der Waals surface area (Å²) in [5, 5.41) is 9.48. The summed E-state index contributed by atoms with van der Waals surface area (Å²) in [4.78, 5) is 22.8. The van der Waals surface area contributed by atoms with Gasteiger partial charge in [0.1, 0.15) is 0 Å². The van der Waals surface area contributed by atoms with Gasteiger partial charge in [-0.05, 0) is 86.8 Å². The van der Waals surface area contributed by atoms with Gasteiger partial charge in [-0.2, -0.15) is 0 Å². The minimum Gasteiger partial charge on any atom is -0.505 e. The number of rotatable bonds is 17. The van der Waals surface area contributed by atoms with Gasteiger partial charge < -0.3 is 19.3 Å². The fourth-order valence-electron chi connectivity index (χ4n) is 4.50. The zero-order valence-electron chi connectivity index (χ0n) is 27.2. The van der Waals surface area contributed by atoms with E-state index in [4.69, 9.17) is 14.2 Å². The number of ether oxygens (including phenoxy) is 3. The zero-order chi connectivity index (χ0) is 34.2. The summed E-state index contributed by atoms with van der Waals surface area (Å²) >= 11 is 9.31. The van der Waals surface area contributed by atoms with E-state index in [0.29, 0.717) is 50.0 Å². The summed E-state index contributed by atoms with van der Waals surface area (Å²) < 4.78 is 43.5. The van der Waals surface area contributed by atoms with Crippen molar-refractivity contribution >= 4 is 62.4 Å². The number of carbonyl (C=O) groups is 2. The van der Waals surface area contributed by atoms with E-state index in [2.05, 4.69) is 61.1 Å². The van der Waals surface area contributed by atoms with Crippen LogP contribution in [0.4, 0.5) is 8.78 Å². The van der Waals surface area contributed by atoms with Crippen LogP contribution in [-0.4, -0.2) is 40.6 Å².